The third kappa shape index (κ3) is 4.15. The van der Waals surface area contributed by atoms with Crippen LogP contribution in [-0.2, 0) is 9.53 Å². The Morgan fingerprint density at radius 1 is 1.00 bits per heavy atom. The molecule has 0 radical (unpaired) electrons. The third-order valence-corrected chi connectivity index (χ3v) is 5.46. The molecular formula is C24H22N6O2. The second kappa shape index (κ2) is 8.50. The first-order valence-electron chi connectivity index (χ1n) is 10.4. The van der Waals surface area contributed by atoms with Crippen molar-refractivity contribution in [3.05, 3.63) is 84.3 Å². The number of fused-ring (bicyclic) bond motifs is 1. The van der Waals surface area contributed by atoms with E-state index >= 15 is 0 Å². The number of carbonyl (C=O) groups excluding carboxylic acids is 1. The molecule has 0 atom stereocenters. The van der Waals surface area contributed by atoms with Crippen LogP contribution in [0.4, 0.5) is 5.82 Å². The summed E-state index contributed by atoms with van der Waals surface area (Å²) in [5, 5.41) is 13.5. The van der Waals surface area contributed by atoms with Crippen molar-refractivity contribution >= 4 is 34.4 Å². The maximum atomic E-state index is 12.4. The molecule has 1 fully saturated rings. The topological polar surface area (TPSA) is 93.9 Å². The van der Waals surface area contributed by atoms with E-state index in [0.717, 1.165) is 16.3 Å². The molecule has 0 bridgehead atoms. The molecule has 2 aliphatic rings. The fraction of sp³-hybridized carbons (Fsp3) is 0.167. The molecule has 0 amide bonds. The van der Waals surface area contributed by atoms with Crippen LogP contribution in [0.5, 0.6) is 0 Å². The highest BCUT2D eigenvalue weighted by Gasteiger charge is 2.26. The first kappa shape index (κ1) is 19.7. The predicted molar refractivity (Wildman–Crippen MR) is 123 cm³/mol. The van der Waals surface area contributed by atoms with Gasteiger partial charge in [0.05, 0.1) is 0 Å². The van der Waals surface area contributed by atoms with Crippen LogP contribution >= 0.6 is 0 Å². The van der Waals surface area contributed by atoms with Gasteiger partial charge in [-0.2, -0.15) is 0 Å². The molecular weight excluding hydrogens is 404 g/mol. The Kier molecular flexibility index (Phi) is 5.25. The number of nitrogens with one attached hydrogen (secondary N) is 2. The lowest BCUT2D eigenvalue weighted by Gasteiger charge is -2.35. The molecule has 1 aromatic heterocycles. The lowest BCUT2D eigenvalue weighted by Crippen LogP contribution is -2.48. The SMILES string of the molecule is N=C(Nc1ccccn1)N1CCN(C=C2N=C(c3ccc4ccccc4c3)OC2=O)CC1. The monoisotopic (exact) mass is 426 g/mol. The number of pyridine rings is 1. The highest BCUT2D eigenvalue weighted by molar-refractivity contribution is 6.12. The molecule has 0 unspecified atom stereocenters. The molecule has 2 N–H and O–H groups in total. The summed E-state index contributed by atoms with van der Waals surface area (Å²) >= 11 is 0. The van der Waals surface area contributed by atoms with Gasteiger partial charge in [-0.3, -0.25) is 5.41 Å². The number of nitrogens with zero attached hydrogens (tertiary/aromatic N) is 4. The number of hydrogen-bond acceptors (Lipinski definition) is 6. The summed E-state index contributed by atoms with van der Waals surface area (Å²) in [4.78, 5) is 25.0. The van der Waals surface area contributed by atoms with E-state index in [1.165, 1.54) is 0 Å². The number of anilines is 1. The number of aliphatic imine (C=N–C) groups is 1. The van der Waals surface area contributed by atoms with Crippen LogP contribution in [0.25, 0.3) is 10.8 Å². The minimum absolute atomic E-state index is 0.295. The van der Waals surface area contributed by atoms with E-state index in [-0.39, 0.29) is 0 Å². The second-order valence-electron chi connectivity index (χ2n) is 7.59. The molecule has 0 aliphatic carbocycles. The van der Waals surface area contributed by atoms with Crippen LogP contribution in [0.3, 0.4) is 0 Å². The van der Waals surface area contributed by atoms with E-state index in [1.807, 2.05) is 70.5 Å². The molecule has 3 aromatic rings. The maximum absolute atomic E-state index is 12.4. The summed E-state index contributed by atoms with van der Waals surface area (Å²) in [6, 6.07) is 19.5. The van der Waals surface area contributed by atoms with Gasteiger partial charge in [0.15, 0.2) is 11.7 Å². The summed E-state index contributed by atoms with van der Waals surface area (Å²) < 4.78 is 5.43. The molecule has 8 nitrogen and oxygen atoms in total. The number of guanidine groups is 1. The molecule has 5 rings (SSSR count). The predicted octanol–water partition coefficient (Wildman–Crippen LogP) is 3.04. The van der Waals surface area contributed by atoms with Crippen molar-refractivity contribution in [2.75, 3.05) is 31.5 Å². The van der Waals surface area contributed by atoms with Crippen LogP contribution in [0.1, 0.15) is 5.56 Å². The summed E-state index contributed by atoms with van der Waals surface area (Å²) in [5.41, 5.74) is 1.07. The molecule has 1 saturated heterocycles. The van der Waals surface area contributed by atoms with Gasteiger partial charge in [-0.25, -0.2) is 14.8 Å². The van der Waals surface area contributed by atoms with Crippen LogP contribution in [0.15, 0.2) is 83.7 Å². The molecule has 32 heavy (non-hydrogen) atoms. The van der Waals surface area contributed by atoms with E-state index in [0.29, 0.717) is 49.6 Å². The second-order valence-corrected chi connectivity index (χ2v) is 7.59. The number of benzene rings is 2. The quantitative estimate of drug-likeness (QED) is 0.289. The van der Waals surface area contributed by atoms with Crippen molar-refractivity contribution < 1.29 is 9.53 Å². The molecule has 2 aromatic carbocycles. The van der Waals surface area contributed by atoms with Crippen molar-refractivity contribution in [2.45, 2.75) is 0 Å². The molecule has 3 heterocycles. The Labute approximate surface area is 185 Å². The number of ether oxygens (including phenoxy) is 1. The maximum Gasteiger partial charge on any atom is 0.365 e. The van der Waals surface area contributed by atoms with Gasteiger partial charge < -0.3 is 19.9 Å². The van der Waals surface area contributed by atoms with Gasteiger partial charge in [0.1, 0.15) is 5.82 Å². The van der Waals surface area contributed by atoms with E-state index in [1.54, 1.807) is 12.4 Å². The van der Waals surface area contributed by atoms with Crippen LogP contribution in [0, 0.1) is 5.41 Å². The van der Waals surface area contributed by atoms with E-state index < -0.39 is 5.97 Å². The minimum atomic E-state index is -0.444. The number of rotatable bonds is 3. The zero-order chi connectivity index (χ0) is 21.9. The fourth-order valence-electron chi connectivity index (χ4n) is 3.73. The standard InChI is InChI=1S/C24H22N6O2/c25-24(28-21-7-3-4-10-26-21)30-13-11-29(12-14-30)16-20-23(31)32-22(27-20)19-9-8-17-5-1-2-6-18(17)15-19/h1-10,15-16H,11-14H2,(H2,25,26,28). The van der Waals surface area contributed by atoms with Gasteiger partial charge in [-0.05, 0) is 35.0 Å². The normalized spacial score (nSPS) is 17.4. The van der Waals surface area contributed by atoms with Crippen molar-refractivity contribution in [3.8, 4) is 0 Å². The highest BCUT2D eigenvalue weighted by atomic mass is 16.6. The van der Waals surface area contributed by atoms with Crippen molar-refractivity contribution in [1.29, 1.82) is 5.41 Å². The summed E-state index contributed by atoms with van der Waals surface area (Å²) in [6.07, 6.45) is 3.44. The smallest absolute Gasteiger partial charge is 0.365 e. The van der Waals surface area contributed by atoms with Gasteiger partial charge >= 0.3 is 5.97 Å². The fourth-order valence-corrected chi connectivity index (χ4v) is 3.73. The van der Waals surface area contributed by atoms with E-state index in [2.05, 4.69) is 15.3 Å². The van der Waals surface area contributed by atoms with Crippen LogP contribution in [-0.4, -0.2) is 58.8 Å². The van der Waals surface area contributed by atoms with Gasteiger partial charge in [-0.1, -0.05) is 36.4 Å². The van der Waals surface area contributed by atoms with E-state index in [9.17, 15) is 4.79 Å². The van der Waals surface area contributed by atoms with Crippen LogP contribution in [0.2, 0.25) is 0 Å². The first-order valence-corrected chi connectivity index (χ1v) is 10.4. The zero-order valence-corrected chi connectivity index (χ0v) is 17.4. The third-order valence-electron chi connectivity index (χ3n) is 5.46. The van der Waals surface area contributed by atoms with Gasteiger partial charge in [0, 0.05) is 44.1 Å². The average Bonchev–Trinajstić information content (AvgIpc) is 3.20. The summed E-state index contributed by atoms with van der Waals surface area (Å²) in [5.74, 6) is 0.839. The van der Waals surface area contributed by atoms with Gasteiger partial charge in [0.25, 0.3) is 0 Å². The number of esters is 1. The first-order chi connectivity index (χ1) is 15.7. The summed E-state index contributed by atoms with van der Waals surface area (Å²) in [6.45, 7) is 2.64. The zero-order valence-electron chi connectivity index (χ0n) is 17.4. The molecule has 0 spiro atoms. The van der Waals surface area contributed by atoms with Gasteiger partial charge in [-0.15, -0.1) is 0 Å². The Morgan fingerprint density at radius 3 is 2.56 bits per heavy atom. The van der Waals surface area contributed by atoms with Crippen molar-refractivity contribution in [1.82, 2.24) is 14.8 Å². The number of carbonyl (C=O) groups is 1. The molecule has 8 heteroatoms. The van der Waals surface area contributed by atoms with Crippen molar-refractivity contribution in [3.63, 3.8) is 0 Å². The lowest BCUT2D eigenvalue weighted by atomic mass is 10.1. The Bertz CT molecular complexity index is 1230. The number of hydrogen-bond donors (Lipinski definition) is 2. The Hall–Kier alpha value is -4.20. The Balaban J connectivity index is 1.23. The average molecular weight is 426 g/mol. The molecule has 2 aliphatic heterocycles. The lowest BCUT2D eigenvalue weighted by molar-refractivity contribution is -0.130. The summed E-state index contributed by atoms with van der Waals surface area (Å²) in [7, 11) is 0. The number of piperazine rings is 1. The number of cyclic esters (lactones) is 1. The number of aromatic nitrogens is 1. The van der Waals surface area contributed by atoms with Crippen molar-refractivity contribution in [2.24, 2.45) is 4.99 Å². The largest absolute Gasteiger partial charge is 0.402 e. The molecule has 160 valence electrons. The minimum Gasteiger partial charge on any atom is -0.402 e. The van der Waals surface area contributed by atoms with Gasteiger partial charge in [0.2, 0.25) is 5.90 Å². The molecule has 0 saturated carbocycles. The Morgan fingerprint density at radius 2 is 1.78 bits per heavy atom. The van der Waals surface area contributed by atoms with Crippen LogP contribution < -0.4 is 5.32 Å². The van der Waals surface area contributed by atoms with E-state index in [4.69, 9.17) is 10.1 Å². The highest BCUT2D eigenvalue weighted by Crippen LogP contribution is 2.21.